The fourth-order valence-corrected chi connectivity index (χ4v) is 3.03. The van der Waals surface area contributed by atoms with Crippen molar-refractivity contribution < 1.29 is 0 Å². The number of para-hydroxylation sites is 2. The summed E-state index contributed by atoms with van der Waals surface area (Å²) in [4.78, 5) is 0. The van der Waals surface area contributed by atoms with E-state index >= 15 is 0 Å². The van der Waals surface area contributed by atoms with Crippen LogP contribution in [0.5, 0.6) is 0 Å². The van der Waals surface area contributed by atoms with Gasteiger partial charge in [-0.1, -0.05) is 49.7 Å². The van der Waals surface area contributed by atoms with Crippen LogP contribution in [0.15, 0.2) is 48.5 Å². The molecule has 2 aromatic carbocycles. The van der Waals surface area contributed by atoms with Gasteiger partial charge in [0.2, 0.25) is 0 Å². The predicted molar refractivity (Wildman–Crippen MR) is 91.8 cm³/mol. The lowest BCUT2D eigenvalue weighted by Gasteiger charge is -2.08. The second kappa shape index (κ2) is 6.77. The number of hydrogen-bond donors (Lipinski definition) is 1. The Bertz CT molecular complexity index is 658. The molecule has 3 rings (SSSR count). The van der Waals surface area contributed by atoms with Crippen molar-refractivity contribution in [2.45, 2.75) is 32.7 Å². The molecule has 2 heteroatoms. The summed E-state index contributed by atoms with van der Waals surface area (Å²) in [6.07, 6.45) is 3.71. The summed E-state index contributed by atoms with van der Waals surface area (Å²) < 4.78 is 2.46. The molecule has 0 atom stereocenters. The largest absolute Gasteiger partial charge is 0.340 e. The summed E-state index contributed by atoms with van der Waals surface area (Å²) >= 11 is 0. The molecule has 110 valence electrons. The van der Waals surface area contributed by atoms with Gasteiger partial charge in [-0.05, 0) is 38.1 Å². The molecule has 3 aromatic rings. The first-order valence-corrected chi connectivity index (χ1v) is 8.08. The van der Waals surface area contributed by atoms with Gasteiger partial charge in [0.1, 0.15) is 0 Å². The Morgan fingerprint density at radius 1 is 0.810 bits per heavy atom. The lowest BCUT2D eigenvalue weighted by molar-refractivity contribution is 0.581. The number of aromatic nitrogens is 1. The highest BCUT2D eigenvalue weighted by atomic mass is 15.0. The van der Waals surface area contributed by atoms with Crippen molar-refractivity contribution in [3.05, 3.63) is 48.5 Å². The maximum absolute atomic E-state index is 3.53. The lowest BCUT2D eigenvalue weighted by Crippen LogP contribution is -2.18. The summed E-state index contributed by atoms with van der Waals surface area (Å²) in [7, 11) is 0. The molecule has 1 N–H and O–H groups in total. The molecule has 0 aliphatic rings. The molecule has 1 heterocycles. The molecule has 0 aliphatic heterocycles. The first-order chi connectivity index (χ1) is 10.4. The van der Waals surface area contributed by atoms with Gasteiger partial charge in [0.15, 0.2) is 0 Å². The highest BCUT2D eigenvalue weighted by Gasteiger charge is 2.08. The molecule has 0 aliphatic carbocycles. The minimum atomic E-state index is 1.08. The normalized spacial score (nSPS) is 11.5. The lowest BCUT2D eigenvalue weighted by atomic mass is 10.2. The fraction of sp³-hybridized carbons (Fsp3) is 0.368. The highest BCUT2D eigenvalue weighted by molar-refractivity contribution is 6.07. The number of rotatable bonds is 7. The summed E-state index contributed by atoms with van der Waals surface area (Å²) in [6.45, 7) is 5.55. The summed E-state index contributed by atoms with van der Waals surface area (Å²) in [5.74, 6) is 0. The Labute approximate surface area is 126 Å². The van der Waals surface area contributed by atoms with Crippen LogP contribution in [0.4, 0.5) is 0 Å². The monoisotopic (exact) mass is 280 g/mol. The molecule has 0 amide bonds. The number of aryl methyl sites for hydroxylation is 1. The Morgan fingerprint density at radius 2 is 1.38 bits per heavy atom. The molecule has 0 spiro atoms. The molecule has 0 bridgehead atoms. The number of fused-ring (bicyclic) bond motifs is 3. The van der Waals surface area contributed by atoms with E-state index in [1.165, 1.54) is 41.1 Å². The van der Waals surface area contributed by atoms with Crippen LogP contribution in [0.2, 0.25) is 0 Å². The van der Waals surface area contributed by atoms with E-state index < -0.39 is 0 Å². The molecular formula is C19H24N2. The fourth-order valence-electron chi connectivity index (χ4n) is 3.03. The quantitative estimate of drug-likeness (QED) is 0.627. The first-order valence-electron chi connectivity index (χ1n) is 8.08. The Hall–Kier alpha value is -1.80. The number of unbranched alkanes of at least 4 members (excludes halogenated alkanes) is 1. The van der Waals surface area contributed by atoms with E-state index in [2.05, 4.69) is 65.3 Å². The van der Waals surface area contributed by atoms with Crippen molar-refractivity contribution in [1.29, 1.82) is 0 Å². The molecular weight excluding hydrogens is 256 g/mol. The van der Waals surface area contributed by atoms with Gasteiger partial charge in [0, 0.05) is 28.4 Å². The molecule has 0 saturated carbocycles. The summed E-state index contributed by atoms with van der Waals surface area (Å²) in [5, 5.41) is 6.27. The van der Waals surface area contributed by atoms with Gasteiger partial charge in [0.05, 0.1) is 0 Å². The predicted octanol–water partition coefficient (Wildman–Crippen LogP) is 4.57. The van der Waals surface area contributed by atoms with E-state index in [0.29, 0.717) is 0 Å². The zero-order valence-electron chi connectivity index (χ0n) is 12.8. The second-order valence-corrected chi connectivity index (χ2v) is 5.64. The van der Waals surface area contributed by atoms with Gasteiger partial charge >= 0.3 is 0 Å². The average molecular weight is 280 g/mol. The third-order valence-corrected chi connectivity index (χ3v) is 4.12. The van der Waals surface area contributed by atoms with E-state index in [4.69, 9.17) is 0 Å². The zero-order valence-corrected chi connectivity index (χ0v) is 12.8. The van der Waals surface area contributed by atoms with Gasteiger partial charge in [0.25, 0.3) is 0 Å². The van der Waals surface area contributed by atoms with Crippen molar-refractivity contribution in [3.8, 4) is 0 Å². The maximum atomic E-state index is 3.53. The van der Waals surface area contributed by atoms with Crippen molar-refractivity contribution in [2.75, 3.05) is 13.1 Å². The molecule has 0 saturated heterocycles. The standard InChI is InChI=1S/C19H24N2/c1-2-3-13-20-14-8-15-21-18-11-6-4-9-16(18)17-10-5-7-12-19(17)21/h4-7,9-12,20H,2-3,8,13-15H2,1H3. The van der Waals surface area contributed by atoms with Gasteiger partial charge in [-0.15, -0.1) is 0 Å². The van der Waals surface area contributed by atoms with Crippen molar-refractivity contribution in [2.24, 2.45) is 0 Å². The molecule has 2 nitrogen and oxygen atoms in total. The summed E-state index contributed by atoms with van der Waals surface area (Å²) in [5.41, 5.74) is 2.71. The second-order valence-electron chi connectivity index (χ2n) is 5.64. The number of nitrogens with zero attached hydrogens (tertiary/aromatic N) is 1. The van der Waals surface area contributed by atoms with E-state index in [0.717, 1.165) is 19.6 Å². The van der Waals surface area contributed by atoms with Gasteiger partial charge in [-0.2, -0.15) is 0 Å². The first kappa shape index (κ1) is 14.2. The Morgan fingerprint density at radius 3 is 2.00 bits per heavy atom. The van der Waals surface area contributed by atoms with E-state index in [1.54, 1.807) is 0 Å². The van der Waals surface area contributed by atoms with E-state index in [-0.39, 0.29) is 0 Å². The highest BCUT2D eigenvalue weighted by Crippen LogP contribution is 2.28. The molecule has 0 fully saturated rings. The van der Waals surface area contributed by atoms with Crippen molar-refractivity contribution in [1.82, 2.24) is 9.88 Å². The van der Waals surface area contributed by atoms with Crippen LogP contribution < -0.4 is 5.32 Å². The molecule has 21 heavy (non-hydrogen) atoms. The average Bonchev–Trinajstić information content (AvgIpc) is 2.85. The van der Waals surface area contributed by atoms with Crippen LogP contribution in [0.3, 0.4) is 0 Å². The van der Waals surface area contributed by atoms with Crippen molar-refractivity contribution >= 4 is 21.8 Å². The van der Waals surface area contributed by atoms with Gasteiger partial charge < -0.3 is 9.88 Å². The third kappa shape index (κ3) is 2.96. The Balaban J connectivity index is 1.80. The van der Waals surface area contributed by atoms with Crippen LogP contribution >= 0.6 is 0 Å². The Kier molecular flexibility index (Phi) is 4.56. The third-order valence-electron chi connectivity index (χ3n) is 4.12. The number of hydrogen-bond acceptors (Lipinski definition) is 1. The minimum absolute atomic E-state index is 1.08. The molecule has 0 unspecified atom stereocenters. The number of nitrogens with one attached hydrogen (secondary N) is 1. The van der Waals surface area contributed by atoms with Crippen LogP contribution in [-0.2, 0) is 6.54 Å². The molecule has 0 radical (unpaired) electrons. The van der Waals surface area contributed by atoms with Gasteiger partial charge in [-0.25, -0.2) is 0 Å². The zero-order chi connectivity index (χ0) is 14.5. The molecule has 1 aromatic heterocycles. The van der Waals surface area contributed by atoms with Crippen LogP contribution in [0.25, 0.3) is 21.8 Å². The van der Waals surface area contributed by atoms with E-state index in [1.807, 2.05) is 0 Å². The smallest absolute Gasteiger partial charge is 0.0491 e. The van der Waals surface area contributed by atoms with Crippen LogP contribution in [-0.4, -0.2) is 17.7 Å². The van der Waals surface area contributed by atoms with Gasteiger partial charge in [-0.3, -0.25) is 0 Å². The topological polar surface area (TPSA) is 17.0 Å². The van der Waals surface area contributed by atoms with Crippen LogP contribution in [0, 0.1) is 0 Å². The van der Waals surface area contributed by atoms with E-state index in [9.17, 15) is 0 Å². The summed E-state index contributed by atoms with van der Waals surface area (Å²) in [6, 6.07) is 17.5. The van der Waals surface area contributed by atoms with Crippen molar-refractivity contribution in [3.63, 3.8) is 0 Å². The van der Waals surface area contributed by atoms with Crippen LogP contribution in [0.1, 0.15) is 26.2 Å². The SMILES string of the molecule is CCCCNCCCn1c2ccccc2c2ccccc21. The minimum Gasteiger partial charge on any atom is -0.340 e. The number of benzene rings is 2. The maximum Gasteiger partial charge on any atom is 0.0491 e.